The van der Waals surface area contributed by atoms with E-state index < -0.39 is 10.0 Å². The van der Waals surface area contributed by atoms with Crippen molar-refractivity contribution in [1.82, 2.24) is 14.9 Å². The summed E-state index contributed by atoms with van der Waals surface area (Å²) >= 11 is 1.20. The van der Waals surface area contributed by atoms with Gasteiger partial charge in [-0.25, -0.2) is 8.42 Å². The van der Waals surface area contributed by atoms with Gasteiger partial charge in [-0.2, -0.15) is 4.31 Å². The zero-order valence-corrected chi connectivity index (χ0v) is 24.0. The summed E-state index contributed by atoms with van der Waals surface area (Å²) in [4.78, 5) is 13.3. The second-order valence-corrected chi connectivity index (χ2v) is 13.1. The lowest BCUT2D eigenvalue weighted by atomic mass is 10.0. The predicted octanol–water partition coefficient (Wildman–Crippen LogP) is 5.30. The molecule has 3 aromatic carbocycles. The predicted molar refractivity (Wildman–Crippen MR) is 159 cm³/mol. The Labute approximate surface area is 239 Å². The van der Waals surface area contributed by atoms with Gasteiger partial charge in [0.1, 0.15) is 9.96 Å². The highest BCUT2D eigenvalue weighted by Crippen LogP contribution is 2.27. The molecule has 208 valence electrons. The molecule has 2 heterocycles. The molecule has 40 heavy (non-hydrogen) atoms. The number of hydrogen-bond donors (Lipinski definition) is 2. The summed E-state index contributed by atoms with van der Waals surface area (Å²) in [5, 5.41) is 6.45. The van der Waals surface area contributed by atoms with Crippen LogP contribution in [0.4, 0.5) is 0 Å². The summed E-state index contributed by atoms with van der Waals surface area (Å²) in [6, 6.07) is 29.4. The maximum Gasteiger partial charge on any atom is 0.252 e. The molecule has 1 amide bonds. The molecule has 1 aliphatic heterocycles. The number of hydrogen-bond acceptors (Lipinski definition) is 6. The number of amides is 1. The normalized spacial score (nSPS) is 14.6. The first-order valence-corrected chi connectivity index (χ1v) is 15.6. The van der Waals surface area contributed by atoms with Crippen LogP contribution in [-0.4, -0.2) is 44.9 Å². The van der Waals surface area contributed by atoms with Crippen molar-refractivity contribution in [2.75, 3.05) is 20.2 Å². The quantitative estimate of drug-likeness (QED) is 0.268. The highest BCUT2D eigenvalue weighted by molar-refractivity contribution is 7.91. The van der Waals surface area contributed by atoms with Crippen molar-refractivity contribution in [3.63, 3.8) is 0 Å². The number of nitrogens with zero attached hydrogens (tertiary/aromatic N) is 1. The van der Waals surface area contributed by atoms with Crippen molar-refractivity contribution in [3.05, 3.63) is 107 Å². The number of sulfonamides is 1. The molecule has 7 nitrogen and oxygen atoms in total. The minimum absolute atomic E-state index is 0.238. The molecule has 2 N–H and O–H groups in total. The van der Waals surface area contributed by atoms with Gasteiger partial charge < -0.3 is 15.4 Å². The summed E-state index contributed by atoms with van der Waals surface area (Å²) in [5.74, 6) is 0.368. The van der Waals surface area contributed by atoms with Gasteiger partial charge in [0.25, 0.3) is 15.9 Å². The molecule has 4 aromatic rings. The van der Waals surface area contributed by atoms with Gasteiger partial charge in [0, 0.05) is 36.1 Å². The Hall–Kier alpha value is -3.50. The van der Waals surface area contributed by atoms with Crippen molar-refractivity contribution >= 4 is 27.3 Å². The fourth-order valence-electron chi connectivity index (χ4n) is 4.76. The zero-order chi connectivity index (χ0) is 28.0. The molecule has 1 aromatic heterocycles. The first-order valence-electron chi connectivity index (χ1n) is 13.3. The Kier molecular flexibility index (Phi) is 8.96. The van der Waals surface area contributed by atoms with E-state index in [1.165, 1.54) is 28.0 Å². The number of piperidine rings is 1. The van der Waals surface area contributed by atoms with E-state index in [-0.39, 0.29) is 18.5 Å². The third-order valence-corrected chi connectivity index (χ3v) is 10.5. The average molecular weight is 576 g/mol. The third kappa shape index (κ3) is 6.79. The van der Waals surface area contributed by atoms with Crippen LogP contribution in [0.3, 0.4) is 0 Å². The lowest BCUT2D eigenvalue weighted by molar-refractivity contribution is 0.0951. The molecule has 1 saturated heterocycles. The maximum absolute atomic E-state index is 13.3. The SMILES string of the molecule is COc1cccc(C(=O)NCc2ccc(S(=O)(=O)N3CCC(NCc4ccc(-c5ccccc5)cc4)CC3)s2)c1. The van der Waals surface area contributed by atoms with Crippen LogP contribution in [0.25, 0.3) is 11.1 Å². The molecule has 0 saturated carbocycles. The van der Waals surface area contributed by atoms with E-state index in [0.29, 0.717) is 28.6 Å². The van der Waals surface area contributed by atoms with Gasteiger partial charge in [0.05, 0.1) is 13.7 Å². The third-order valence-electron chi connectivity index (χ3n) is 7.10. The van der Waals surface area contributed by atoms with E-state index in [4.69, 9.17) is 4.74 Å². The fourth-order valence-corrected chi connectivity index (χ4v) is 7.68. The summed E-state index contributed by atoms with van der Waals surface area (Å²) in [5.41, 5.74) is 4.09. The molecule has 0 unspecified atom stereocenters. The van der Waals surface area contributed by atoms with Crippen molar-refractivity contribution in [2.24, 2.45) is 0 Å². The van der Waals surface area contributed by atoms with Crippen LogP contribution in [0.1, 0.15) is 33.6 Å². The van der Waals surface area contributed by atoms with Gasteiger partial charge in [-0.3, -0.25) is 4.79 Å². The van der Waals surface area contributed by atoms with E-state index in [0.717, 1.165) is 24.3 Å². The fraction of sp³-hybridized carbons (Fsp3) is 0.258. The summed E-state index contributed by atoms with van der Waals surface area (Å²) < 4.78 is 33.6. The first kappa shape index (κ1) is 28.0. The molecular formula is C31H33N3O4S2. The van der Waals surface area contributed by atoms with Gasteiger partial charge in [-0.15, -0.1) is 11.3 Å². The molecule has 1 aliphatic rings. The van der Waals surface area contributed by atoms with E-state index in [1.54, 1.807) is 47.8 Å². The van der Waals surface area contributed by atoms with Crippen LogP contribution in [0, 0.1) is 0 Å². The van der Waals surface area contributed by atoms with Gasteiger partial charge in [-0.05, 0) is 59.9 Å². The molecule has 5 rings (SSSR count). The molecule has 0 aliphatic carbocycles. The number of thiophene rings is 1. The summed E-state index contributed by atoms with van der Waals surface area (Å²) in [7, 11) is -2.02. The number of ether oxygens (including phenoxy) is 1. The zero-order valence-electron chi connectivity index (χ0n) is 22.4. The largest absolute Gasteiger partial charge is 0.497 e. The second kappa shape index (κ2) is 12.8. The lowest BCUT2D eigenvalue weighted by Gasteiger charge is -2.31. The molecule has 0 radical (unpaired) electrons. The van der Waals surface area contributed by atoms with Gasteiger partial charge in [-0.1, -0.05) is 60.7 Å². The monoisotopic (exact) mass is 575 g/mol. The van der Waals surface area contributed by atoms with Crippen LogP contribution < -0.4 is 15.4 Å². The van der Waals surface area contributed by atoms with Gasteiger partial charge >= 0.3 is 0 Å². The van der Waals surface area contributed by atoms with Crippen LogP contribution in [0.2, 0.25) is 0 Å². The molecule has 9 heteroatoms. The highest BCUT2D eigenvalue weighted by atomic mass is 32.2. The van der Waals surface area contributed by atoms with Crippen molar-refractivity contribution in [2.45, 2.75) is 36.2 Å². The molecular weight excluding hydrogens is 542 g/mol. The topological polar surface area (TPSA) is 87.7 Å². The Morgan fingerprint density at radius 3 is 2.35 bits per heavy atom. The van der Waals surface area contributed by atoms with E-state index in [1.807, 2.05) is 18.2 Å². The molecule has 0 bridgehead atoms. The Morgan fingerprint density at radius 2 is 1.62 bits per heavy atom. The van der Waals surface area contributed by atoms with Crippen LogP contribution in [-0.2, 0) is 23.1 Å². The lowest BCUT2D eigenvalue weighted by Crippen LogP contribution is -2.44. The molecule has 0 atom stereocenters. The maximum atomic E-state index is 13.3. The second-order valence-electron chi connectivity index (χ2n) is 9.76. The Balaban J connectivity index is 1.09. The van der Waals surface area contributed by atoms with Crippen molar-refractivity contribution in [1.29, 1.82) is 0 Å². The summed E-state index contributed by atoms with van der Waals surface area (Å²) in [6.45, 7) is 1.97. The van der Waals surface area contributed by atoms with E-state index in [9.17, 15) is 13.2 Å². The Bertz CT molecular complexity index is 1530. The minimum Gasteiger partial charge on any atom is -0.497 e. The Morgan fingerprint density at radius 1 is 0.900 bits per heavy atom. The van der Waals surface area contributed by atoms with Crippen LogP contribution >= 0.6 is 11.3 Å². The van der Waals surface area contributed by atoms with Crippen molar-refractivity contribution < 1.29 is 17.9 Å². The number of carbonyl (C=O) groups is 1. The standard InChI is InChI=1S/C31H33N3O4S2/c1-38-28-9-5-8-26(20-28)31(35)33-22-29-14-15-30(39-29)40(36,37)34-18-16-27(17-19-34)32-21-23-10-12-25(13-11-23)24-6-3-2-4-7-24/h2-15,20,27,32H,16-19,21-22H2,1H3,(H,33,35). The first-order chi connectivity index (χ1) is 19.4. The number of rotatable bonds is 10. The smallest absolute Gasteiger partial charge is 0.252 e. The number of benzene rings is 3. The number of methoxy groups -OCH3 is 1. The highest BCUT2D eigenvalue weighted by Gasteiger charge is 2.30. The molecule has 0 spiro atoms. The van der Waals surface area contributed by atoms with Gasteiger partial charge in [0.15, 0.2) is 0 Å². The van der Waals surface area contributed by atoms with E-state index >= 15 is 0 Å². The molecule has 1 fully saturated rings. The van der Waals surface area contributed by atoms with Crippen LogP contribution in [0.5, 0.6) is 5.75 Å². The van der Waals surface area contributed by atoms with Gasteiger partial charge in [0.2, 0.25) is 0 Å². The number of carbonyl (C=O) groups excluding carboxylic acids is 1. The minimum atomic E-state index is -3.57. The van der Waals surface area contributed by atoms with Crippen LogP contribution in [0.15, 0.2) is 95.2 Å². The number of nitrogens with one attached hydrogen (secondary N) is 2. The summed E-state index contributed by atoms with van der Waals surface area (Å²) in [6.07, 6.45) is 1.52. The average Bonchev–Trinajstić information content (AvgIpc) is 3.50. The van der Waals surface area contributed by atoms with Crippen molar-refractivity contribution in [3.8, 4) is 16.9 Å². The van der Waals surface area contributed by atoms with E-state index in [2.05, 4.69) is 47.0 Å².